The molecule has 0 radical (unpaired) electrons. The van der Waals surface area contributed by atoms with E-state index in [4.69, 9.17) is 0 Å². The van der Waals surface area contributed by atoms with Crippen molar-refractivity contribution in [1.29, 1.82) is 0 Å². The van der Waals surface area contributed by atoms with Crippen LogP contribution in [0.15, 0.2) is 24.3 Å². The lowest BCUT2D eigenvalue weighted by atomic mass is 10.0. The van der Waals surface area contributed by atoms with Crippen LogP contribution in [0.25, 0.3) is 0 Å². The third kappa shape index (κ3) is 5.64. The summed E-state index contributed by atoms with van der Waals surface area (Å²) in [4.78, 5) is 26.6. The number of amides is 2. The molecule has 1 aromatic carbocycles. The molecule has 24 heavy (non-hydrogen) atoms. The van der Waals surface area contributed by atoms with Crippen LogP contribution in [0.2, 0.25) is 0 Å². The maximum Gasteiger partial charge on any atom is 0.251 e. The molecule has 1 aliphatic rings. The Morgan fingerprint density at radius 1 is 1.25 bits per heavy atom. The average molecular weight is 331 g/mol. The lowest BCUT2D eigenvalue weighted by Crippen LogP contribution is -2.47. The molecule has 1 aromatic rings. The van der Waals surface area contributed by atoms with Gasteiger partial charge in [-0.1, -0.05) is 19.9 Å². The molecule has 0 spiro atoms. The minimum atomic E-state index is -0.0649. The summed E-state index contributed by atoms with van der Waals surface area (Å²) in [6.45, 7) is 7.28. The zero-order valence-electron chi connectivity index (χ0n) is 14.8. The molecule has 0 saturated carbocycles. The minimum absolute atomic E-state index is 0.0162. The predicted octanol–water partition coefficient (Wildman–Crippen LogP) is 3.03. The Bertz CT molecular complexity index is 557. The molecule has 1 fully saturated rings. The van der Waals surface area contributed by atoms with Crippen LogP contribution in [-0.2, 0) is 4.79 Å². The van der Waals surface area contributed by atoms with Crippen molar-refractivity contribution in [1.82, 2.24) is 10.2 Å². The third-order valence-corrected chi connectivity index (χ3v) is 4.27. The van der Waals surface area contributed by atoms with E-state index in [1.807, 2.05) is 13.0 Å². The van der Waals surface area contributed by atoms with E-state index in [0.29, 0.717) is 17.7 Å². The highest BCUT2D eigenvalue weighted by Crippen LogP contribution is 2.14. The first-order chi connectivity index (χ1) is 11.6. The van der Waals surface area contributed by atoms with Gasteiger partial charge in [0.15, 0.2) is 0 Å². The standard InChI is InChI=1S/C19H29N3O2/c1-3-7-18(23)20-16-9-5-8-15(13-16)19(24)21-17-10-6-12-22(14-17)11-4-2/h5,8-9,13,17H,3-4,6-7,10-12,14H2,1-2H3,(H,20,23)(H,21,24)/t17-/m0/s1. The van der Waals surface area contributed by atoms with Gasteiger partial charge >= 0.3 is 0 Å². The first kappa shape index (κ1) is 18.5. The Hall–Kier alpha value is -1.88. The van der Waals surface area contributed by atoms with Gasteiger partial charge < -0.3 is 15.5 Å². The van der Waals surface area contributed by atoms with Crippen molar-refractivity contribution >= 4 is 17.5 Å². The Labute approximate surface area is 144 Å². The van der Waals surface area contributed by atoms with E-state index in [9.17, 15) is 9.59 Å². The van der Waals surface area contributed by atoms with Gasteiger partial charge in [-0.25, -0.2) is 0 Å². The lowest BCUT2D eigenvalue weighted by molar-refractivity contribution is -0.116. The molecule has 5 heteroatoms. The Morgan fingerprint density at radius 3 is 2.83 bits per heavy atom. The Morgan fingerprint density at radius 2 is 2.08 bits per heavy atom. The van der Waals surface area contributed by atoms with Gasteiger partial charge in [0.05, 0.1) is 0 Å². The van der Waals surface area contributed by atoms with E-state index >= 15 is 0 Å². The number of likely N-dealkylation sites (tertiary alicyclic amines) is 1. The quantitative estimate of drug-likeness (QED) is 0.807. The van der Waals surface area contributed by atoms with Crippen molar-refractivity contribution in [2.75, 3.05) is 25.0 Å². The molecule has 1 aliphatic heterocycles. The fraction of sp³-hybridized carbons (Fsp3) is 0.579. The number of anilines is 1. The number of carbonyl (C=O) groups is 2. The molecule has 0 unspecified atom stereocenters. The van der Waals surface area contributed by atoms with E-state index in [1.54, 1.807) is 18.2 Å². The molecule has 0 aliphatic carbocycles. The maximum atomic E-state index is 12.5. The van der Waals surface area contributed by atoms with Gasteiger partial charge in [0.25, 0.3) is 5.91 Å². The summed E-state index contributed by atoms with van der Waals surface area (Å²) in [6, 6.07) is 7.36. The van der Waals surface area contributed by atoms with Gasteiger partial charge in [-0.15, -0.1) is 0 Å². The molecule has 2 rings (SSSR count). The number of rotatable bonds is 7. The molecule has 1 heterocycles. The first-order valence-electron chi connectivity index (χ1n) is 9.05. The van der Waals surface area contributed by atoms with Crippen LogP contribution in [0.1, 0.15) is 56.3 Å². The summed E-state index contributed by atoms with van der Waals surface area (Å²) >= 11 is 0. The zero-order valence-corrected chi connectivity index (χ0v) is 14.8. The highest BCUT2D eigenvalue weighted by molar-refractivity contribution is 5.97. The highest BCUT2D eigenvalue weighted by atomic mass is 16.2. The van der Waals surface area contributed by atoms with Gasteiger partial charge in [-0.2, -0.15) is 0 Å². The molecule has 5 nitrogen and oxygen atoms in total. The molecule has 132 valence electrons. The Kier molecular flexibility index (Phi) is 7.25. The van der Waals surface area contributed by atoms with Crippen molar-refractivity contribution in [2.24, 2.45) is 0 Å². The number of benzene rings is 1. The van der Waals surface area contributed by atoms with Crippen LogP contribution in [-0.4, -0.2) is 42.4 Å². The fourth-order valence-electron chi connectivity index (χ4n) is 3.15. The van der Waals surface area contributed by atoms with Gasteiger partial charge in [0.1, 0.15) is 0 Å². The molecule has 1 atom stereocenters. The van der Waals surface area contributed by atoms with Crippen LogP contribution in [0.4, 0.5) is 5.69 Å². The second-order valence-corrected chi connectivity index (χ2v) is 6.49. The molecule has 2 N–H and O–H groups in total. The van der Waals surface area contributed by atoms with Gasteiger partial charge in [0, 0.05) is 30.3 Å². The topological polar surface area (TPSA) is 61.4 Å². The summed E-state index contributed by atoms with van der Waals surface area (Å²) in [5, 5.41) is 5.97. The van der Waals surface area contributed by atoms with E-state index in [0.717, 1.165) is 45.3 Å². The number of carbonyl (C=O) groups excluding carboxylic acids is 2. The fourth-order valence-corrected chi connectivity index (χ4v) is 3.15. The molecule has 1 saturated heterocycles. The second kappa shape index (κ2) is 9.42. The second-order valence-electron chi connectivity index (χ2n) is 6.49. The summed E-state index contributed by atoms with van der Waals surface area (Å²) in [6.07, 6.45) is 4.59. The lowest BCUT2D eigenvalue weighted by Gasteiger charge is -2.32. The highest BCUT2D eigenvalue weighted by Gasteiger charge is 2.21. The van der Waals surface area contributed by atoms with E-state index in [2.05, 4.69) is 22.5 Å². The smallest absolute Gasteiger partial charge is 0.251 e. The molecular formula is C19H29N3O2. The number of hydrogen-bond donors (Lipinski definition) is 2. The number of piperidine rings is 1. The van der Waals surface area contributed by atoms with Crippen LogP contribution in [0, 0.1) is 0 Å². The largest absolute Gasteiger partial charge is 0.348 e. The number of hydrogen-bond acceptors (Lipinski definition) is 3. The zero-order chi connectivity index (χ0) is 17.4. The van der Waals surface area contributed by atoms with Crippen LogP contribution < -0.4 is 10.6 Å². The van der Waals surface area contributed by atoms with Crippen molar-refractivity contribution < 1.29 is 9.59 Å². The predicted molar refractivity (Wildman–Crippen MR) is 97.2 cm³/mol. The van der Waals surface area contributed by atoms with Crippen molar-refractivity contribution in [3.63, 3.8) is 0 Å². The summed E-state index contributed by atoms with van der Waals surface area (Å²) in [7, 11) is 0. The Balaban J connectivity index is 1.93. The van der Waals surface area contributed by atoms with Gasteiger partial charge in [0.2, 0.25) is 5.91 Å². The first-order valence-corrected chi connectivity index (χ1v) is 9.05. The van der Waals surface area contributed by atoms with Crippen LogP contribution in [0.3, 0.4) is 0 Å². The SMILES string of the molecule is CCCC(=O)Nc1cccc(C(=O)N[C@H]2CCCN(CCC)C2)c1. The van der Waals surface area contributed by atoms with E-state index < -0.39 is 0 Å². The van der Waals surface area contributed by atoms with E-state index in [1.165, 1.54) is 0 Å². The number of nitrogens with zero attached hydrogens (tertiary/aromatic N) is 1. The van der Waals surface area contributed by atoms with Crippen molar-refractivity contribution in [3.8, 4) is 0 Å². The average Bonchev–Trinajstić information content (AvgIpc) is 2.56. The van der Waals surface area contributed by atoms with Crippen molar-refractivity contribution in [3.05, 3.63) is 29.8 Å². The minimum Gasteiger partial charge on any atom is -0.348 e. The van der Waals surface area contributed by atoms with Gasteiger partial charge in [-0.3, -0.25) is 9.59 Å². The summed E-state index contributed by atoms with van der Waals surface area (Å²) in [5.74, 6) is -0.0810. The van der Waals surface area contributed by atoms with Gasteiger partial charge in [-0.05, 0) is 57.0 Å². The third-order valence-electron chi connectivity index (χ3n) is 4.27. The van der Waals surface area contributed by atoms with E-state index in [-0.39, 0.29) is 17.9 Å². The van der Waals surface area contributed by atoms with Crippen molar-refractivity contribution in [2.45, 2.75) is 52.0 Å². The maximum absolute atomic E-state index is 12.5. The molecule has 2 amide bonds. The van der Waals surface area contributed by atoms with Crippen LogP contribution >= 0.6 is 0 Å². The number of nitrogens with one attached hydrogen (secondary N) is 2. The molecule has 0 aromatic heterocycles. The monoisotopic (exact) mass is 331 g/mol. The molecular weight excluding hydrogens is 302 g/mol. The molecule has 0 bridgehead atoms. The summed E-state index contributed by atoms with van der Waals surface area (Å²) in [5.41, 5.74) is 1.27. The normalized spacial score (nSPS) is 18.2. The summed E-state index contributed by atoms with van der Waals surface area (Å²) < 4.78 is 0. The van der Waals surface area contributed by atoms with Crippen LogP contribution in [0.5, 0.6) is 0 Å².